The molecule has 0 spiro atoms. The Labute approximate surface area is 116 Å². The molecule has 100 valence electrons. The third-order valence-electron chi connectivity index (χ3n) is 3.39. The first-order valence-electron chi connectivity index (χ1n) is 6.23. The minimum absolute atomic E-state index is 0.274. The van der Waals surface area contributed by atoms with Crippen molar-refractivity contribution in [2.45, 2.75) is 6.54 Å². The molecule has 4 heteroatoms. The third-order valence-corrected chi connectivity index (χ3v) is 3.39. The van der Waals surface area contributed by atoms with Crippen molar-refractivity contribution < 1.29 is 14.6 Å². The van der Waals surface area contributed by atoms with Crippen LogP contribution in [0.2, 0.25) is 0 Å². The lowest BCUT2D eigenvalue weighted by molar-refractivity contribution is 0.0697. The van der Waals surface area contributed by atoms with Crippen LogP contribution in [0.3, 0.4) is 0 Å². The molecule has 0 unspecified atom stereocenters. The van der Waals surface area contributed by atoms with Crippen LogP contribution in [0, 0.1) is 0 Å². The van der Waals surface area contributed by atoms with Gasteiger partial charge in [0.2, 0.25) is 0 Å². The van der Waals surface area contributed by atoms with E-state index in [0.29, 0.717) is 6.54 Å². The lowest BCUT2D eigenvalue weighted by Crippen LogP contribution is -1.97. The Morgan fingerprint density at radius 1 is 1.25 bits per heavy atom. The number of hydrogen-bond acceptors (Lipinski definition) is 3. The van der Waals surface area contributed by atoms with Crippen molar-refractivity contribution in [3.63, 3.8) is 0 Å². The predicted molar refractivity (Wildman–Crippen MR) is 76.7 cm³/mol. The van der Waals surface area contributed by atoms with Crippen LogP contribution in [-0.2, 0) is 6.54 Å². The van der Waals surface area contributed by atoms with Crippen molar-refractivity contribution in [2.24, 2.45) is 4.99 Å². The topological polar surface area (TPSA) is 58.9 Å². The second-order valence-electron chi connectivity index (χ2n) is 4.60. The Kier molecular flexibility index (Phi) is 2.99. The lowest BCUT2D eigenvalue weighted by atomic mass is 9.98. The average molecular weight is 267 g/mol. The number of aromatic carboxylic acids is 1. The molecule has 0 saturated carbocycles. The second kappa shape index (κ2) is 4.81. The summed E-state index contributed by atoms with van der Waals surface area (Å²) in [4.78, 5) is 15.3. The van der Waals surface area contributed by atoms with Crippen molar-refractivity contribution in [3.05, 3.63) is 53.1 Å². The molecule has 4 nitrogen and oxygen atoms in total. The van der Waals surface area contributed by atoms with Gasteiger partial charge in [-0.3, -0.25) is 4.99 Å². The lowest BCUT2D eigenvalue weighted by Gasteiger charge is -2.10. The van der Waals surface area contributed by atoms with Gasteiger partial charge in [0.15, 0.2) is 0 Å². The van der Waals surface area contributed by atoms with E-state index in [2.05, 4.69) is 4.99 Å². The summed E-state index contributed by atoms with van der Waals surface area (Å²) in [7, 11) is 1.63. The number of benzene rings is 2. The third kappa shape index (κ3) is 2.05. The van der Waals surface area contributed by atoms with Crippen LogP contribution in [0.5, 0.6) is 5.75 Å². The van der Waals surface area contributed by atoms with Gasteiger partial charge in [-0.15, -0.1) is 0 Å². The Morgan fingerprint density at radius 3 is 2.85 bits per heavy atom. The molecule has 0 aromatic heterocycles. The van der Waals surface area contributed by atoms with Crippen LogP contribution in [0.25, 0.3) is 11.1 Å². The van der Waals surface area contributed by atoms with E-state index in [1.165, 1.54) is 0 Å². The van der Waals surface area contributed by atoms with E-state index in [1.807, 2.05) is 24.4 Å². The summed E-state index contributed by atoms with van der Waals surface area (Å²) in [5, 5.41) is 9.07. The van der Waals surface area contributed by atoms with E-state index in [1.54, 1.807) is 25.3 Å². The molecular weight excluding hydrogens is 254 g/mol. The summed E-state index contributed by atoms with van der Waals surface area (Å²) in [5.74, 6) is -0.141. The molecule has 2 aromatic rings. The zero-order valence-corrected chi connectivity index (χ0v) is 11.0. The summed E-state index contributed by atoms with van der Waals surface area (Å²) < 4.78 is 5.40. The van der Waals surface area contributed by atoms with Crippen molar-refractivity contribution >= 4 is 12.2 Å². The molecular formula is C16H13NO3. The number of hydrogen-bond donors (Lipinski definition) is 1. The highest BCUT2D eigenvalue weighted by Gasteiger charge is 2.15. The van der Waals surface area contributed by atoms with Crippen molar-refractivity contribution in [1.29, 1.82) is 0 Å². The minimum Gasteiger partial charge on any atom is -0.496 e. The molecule has 0 radical (unpaired) electrons. The summed E-state index contributed by atoms with van der Waals surface area (Å²) in [6.07, 6.45) is 1.82. The molecule has 3 rings (SSSR count). The highest BCUT2D eigenvalue weighted by atomic mass is 16.5. The van der Waals surface area contributed by atoms with Gasteiger partial charge in [0, 0.05) is 17.3 Å². The number of carboxylic acids is 1. The molecule has 1 aliphatic rings. The van der Waals surface area contributed by atoms with Gasteiger partial charge in [-0.05, 0) is 35.4 Å². The number of carboxylic acid groups (broad SMARTS) is 1. The van der Waals surface area contributed by atoms with Crippen LogP contribution in [0.1, 0.15) is 21.5 Å². The first-order valence-corrected chi connectivity index (χ1v) is 6.23. The van der Waals surface area contributed by atoms with Crippen molar-refractivity contribution in [1.82, 2.24) is 0 Å². The fourth-order valence-corrected chi connectivity index (χ4v) is 2.37. The van der Waals surface area contributed by atoms with E-state index in [9.17, 15) is 4.79 Å². The highest BCUT2D eigenvalue weighted by molar-refractivity contribution is 5.91. The molecule has 0 saturated heterocycles. The Bertz CT molecular complexity index is 720. The standard InChI is InChI=1S/C16H13NO3/c1-20-15-7-12(6-13-8-17-9-14(13)15)10-3-2-4-11(5-10)16(18)19/h2-8H,9H2,1H3,(H,18,19). The number of aliphatic imine (C=N–C) groups is 1. The monoisotopic (exact) mass is 267 g/mol. The minimum atomic E-state index is -0.929. The maximum atomic E-state index is 11.0. The number of methoxy groups -OCH3 is 1. The number of ether oxygens (including phenoxy) is 1. The highest BCUT2D eigenvalue weighted by Crippen LogP contribution is 2.32. The van der Waals surface area contributed by atoms with Gasteiger partial charge in [-0.2, -0.15) is 0 Å². The zero-order chi connectivity index (χ0) is 14.1. The summed E-state index contributed by atoms with van der Waals surface area (Å²) in [6, 6.07) is 10.8. The maximum Gasteiger partial charge on any atom is 0.335 e. The first kappa shape index (κ1) is 12.4. The fourth-order valence-electron chi connectivity index (χ4n) is 2.37. The zero-order valence-electron chi connectivity index (χ0n) is 11.0. The Morgan fingerprint density at radius 2 is 2.10 bits per heavy atom. The second-order valence-corrected chi connectivity index (χ2v) is 4.60. The normalized spacial score (nSPS) is 12.2. The largest absolute Gasteiger partial charge is 0.496 e. The molecule has 0 bridgehead atoms. The number of carbonyl (C=O) groups is 1. The maximum absolute atomic E-state index is 11.0. The first-order chi connectivity index (χ1) is 9.69. The van der Waals surface area contributed by atoms with Gasteiger partial charge in [0.25, 0.3) is 0 Å². The molecule has 1 heterocycles. The summed E-state index contributed by atoms with van der Waals surface area (Å²) in [5.41, 5.74) is 4.16. The molecule has 0 atom stereocenters. The fraction of sp³-hybridized carbons (Fsp3) is 0.125. The van der Waals surface area contributed by atoms with E-state index in [4.69, 9.17) is 9.84 Å². The van der Waals surface area contributed by atoms with Crippen LogP contribution in [0.4, 0.5) is 0 Å². The van der Waals surface area contributed by atoms with Crippen LogP contribution < -0.4 is 4.74 Å². The average Bonchev–Trinajstić information content (AvgIpc) is 2.94. The van der Waals surface area contributed by atoms with E-state index >= 15 is 0 Å². The molecule has 0 aliphatic carbocycles. The van der Waals surface area contributed by atoms with Gasteiger partial charge in [0.1, 0.15) is 5.75 Å². The molecule has 2 aromatic carbocycles. The van der Waals surface area contributed by atoms with Crippen molar-refractivity contribution in [2.75, 3.05) is 7.11 Å². The molecule has 1 N–H and O–H groups in total. The van der Waals surface area contributed by atoms with E-state index in [-0.39, 0.29) is 5.56 Å². The Balaban J connectivity index is 2.13. The van der Waals surface area contributed by atoms with Gasteiger partial charge < -0.3 is 9.84 Å². The summed E-state index contributed by atoms with van der Waals surface area (Å²) in [6.45, 7) is 0.633. The van der Waals surface area contributed by atoms with E-state index in [0.717, 1.165) is 28.0 Å². The number of nitrogens with zero attached hydrogens (tertiary/aromatic N) is 1. The quantitative estimate of drug-likeness (QED) is 0.930. The molecule has 0 fully saturated rings. The van der Waals surface area contributed by atoms with Crippen molar-refractivity contribution in [3.8, 4) is 16.9 Å². The van der Waals surface area contributed by atoms with Gasteiger partial charge in [-0.25, -0.2) is 4.79 Å². The SMILES string of the molecule is COc1cc(-c2cccc(C(=O)O)c2)cc2c1CN=C2. The van der Waals surface area contributed by atoms with Gasteiger partial charge in [0.05, 0.1) is 19.2 Å². The number of fused-ring (bicyclic) bond motifs is 1. The Hall–Kier alpha value is -2.62. The number of rotatable bonds is 3. The van der Waals surface area contributed by atoms with E-state index < -0.39 is 5.97 Å². The van der Waals surface area contributed by atoms with Crippen LogP contribution in [0.15, 0.2) is 41.4 Å². The molecule has 1 aliphatic heterocycles. The molecule has 0 amide bonds. The van der Waals surface area contributed by atoms with Crippen LogP contribution in [-0.4, -0.2) is 24.4 Å². The molecule has 20 heavy (non-hydrogen) atoms. The van der Waals surface area contributed by atoms with Gasteiger partial charge in [-0.1, -0.05) is 12.1 Å². The van der Waals surface area contributed by atoms with Gasteiger partial charge >= 0.3 is 5.97 Å². The predicted octanol–water partition coefficient (Wildman–Crippen LogP) is 2.99. The summed E-state index contributed by atoms with van der Waals surface area (Å²) >= 11 is 0. The van der Waals surface area contributed by atoms with Crippen LogP contribution >= 0.6 is 0 Å². The smallest absolute Gasteiger partial charge is 0.335 e.